The maximum Gasteiger partial charge on any atom is 0.269 e. The highest BCUT2D eigenvalue weighted by atomic mass is 79.9. The van der Waals surface area contributed by atoms with E-state index in [0.717, 1.165) is 0 Å². The van der Waals surface area contributed by atoms with E-state index < -0.39 is 11.7 Å². The van der Waals surface area contributed by atoms with Crippen LogP contribution in [-0.4, -0.2) is 13.0 Å². The summed E-state index contributed by atoms with van der Waals surface area (Å²) in [6, 6.07) is 2.62. The summed E-state index contributed by atoms with van der Waals surface area (Å²) in [7, 11) is 1.28. The first kappa shape index (κ1) is 10.9. The van der Waals surface area contributed by atoms with Crippen LogP contribution in [0, 0.1) is 5.82 Å². The summed E-state index contributed by atoms with van der Waals surface area (Å²) in [6.45, 7) is 0. The van der Waals surface area contributed by atoms with Crippen LogP contribution in [0.2, 0.25) is 0 Å². The molecule has 76 valence electrons. The molecule has 1 amide bonds. The third-order valence-electron chi connectivity index (χ3n) is 1.59. The van der Waals surface area contributed by atoms with E-state index in [9.17, 15) is 9.18 Å². The Bertz CT molecular complexity index is 371. The average Bonchev–Trinajstić information content (AvgIpc) is 2.15. The van der Waals surface area contributed by atoms with E-state index in [0.29, 0.717) is 4.47 Å². The normalized spacial score (nSPS) is 9.71. The van der Waals surface area contributed by atoms with Crippen LogP contribution in [0.3, 0.4) is 0 Å². The Balaban J connectivity index is 3.32. The molecule has 1 aromatic rings. The van der Waals surface area contributed by atoms with Gasteiger partial charge in [-0.15, -0.1) is 0 Å². The summed E-state index contributed by atoms with van der Waals surface area (Å²) in [5, 5.41) is 0. The zero-order chi connectivity index (χ0) is 10.7. The second kappa shape index (κ2) is 4.39. The number of nitrogens with two attached hydrogens (primary N) is 1. The van der Waals surface area contributed by atoms with Crippen molar-refractivity contribution in [1.29, 1.82) is 0 Å². The fourth-order valence-corrected chi connectivity index (χ4v) is 1.44. The molecule has 0 saturated carbocycles. The molecule has 0 aliphatic carbocycles. The van der Waals surface area contributed by atoms with Gasteiger partial charge in [-0.3, -0.25) is 10.2 Å². The lowest BCUT2D eigenvalue weighted by molar-refractivity contribution is 0.0949. The van der Waals surface area contributed by atoms with Crippen LogP contribution in [0.4, 0.5) is 4.39 Å². The number of nitrogen functional groups attached to an aromatic ring is 1. The summed E-state index contributed by atoms with van der Waals surface area (Å²) < 4.78 is 18.4. The molecule has 0 bridgehead atoms. The summed E-state index contributed by atoms with van der Waals surface area (Å²) in [6.07, 6.45) is 0. The first-order valence-electron chi connectivity index (χ1n) is 3.64. The average molecular weight is 263 g/mol. The van der Waals surface area contributed by atoms with E-state index in [4.69, 9.17) is 10.6 Å². The first-order chi connectivity index (χ1) is 6.60. The van der Waals surface area contributed by atoms with Crippen LogP contribution in [0.1, 0.15) is 10.4 Å². The molecule has 0 aromatic heterocycles. The van der Waals surface area contributed by atoms with Crippen LogP contribution in [-0.2, 0) is 0 Å². The van der Waals surface area contributed by atoms with Gasteiger partial charge in [-0.1, -0.05) is 15.9 Å². The highest BCUT2D eigenvalue weighted by molar-refractivity contribution is 9.10. The molecule has 1 aromatic carbocycles. The van der Waals surface area contributed by atoms with Crippen LogP contribution in [0.15, 0.2) is 16.6 Å². The Labute approximate surface area is 88.3 Å². The van der Waals surface area contributed by atoms with E-state index in [-0.39, 0.29) is 11.3 Å². The molecule has 0 fully saturated rings. The van der Waals surface area contributed by atoms with E-state index in [1.807, 2.05) is 5.43 Å². The van der Waals surface area contributed by atoms with Crippen molar-refractivity contribution in [3.05, 3.63) is 28.0 Å². The number of hydrogen-bond donors (Lipinski definition) is 2. The molecular weight excluding hydrogens is 255 g/mol. The maximum atomic E-state index is 13.2. The van der Waals surface area contributed by atoms with Gasteiger partial charge in [-0.05, 0) is 12.1 Å². The third kappa shape index (κ3) is 2.02. The Kier molecular flexibility index (Phi) is 3.43. The highest BCUT2D eigenvalue weighted by Gasteiger charge is 2.16. The van der Waals surface area contributed by atoms with Crippen molar-refractivity contribution in [1.82, 2.24) is 5.43 Å². The predicted molar refractivity (Wildman–Crippen MR) is 52.3 cm³/mol. The van der Waals surface area contributed by atoms with Gasteiger partial charge < -0.3 is 4.74 Å². The van der Waals surface area contributed by atoms with Gasteiger partial charge in [0, 0.05) is 4.47 Å². The molecule has 14 heavy (non-hydrogen) atoms. The first-order valence-corrected chi connectivity index (χ1v) is 4.43. The minimum absolute atomic E-state index is 0.0434. The van der Waals surface area contributed by atoms with E-state index in [1.165, 1.54) is 19.2 Å². The van der Waals surface area contributed by atoms with Crippen molar-refractivity contribution < 1.29 is 13.9 Å². The zero-order valence-electron chi connectivity index (χ0n) is 7.30. The lowest BCUT2D eigenvalue weighted by Crippen LogP contribution is -2.30. The summed E-state index contributed by atoms with van der Waals surface area (Å²) in [5.74, 6) is 3.57. The molecule has 0 aliphatic heterocycles. The second-order valence-corrected chi connectivity index (χ2v) is 3.36. The molecule has 0 unspecified atom stereocenters. The van der Waals surface area contributed by atoms with Crippen LogP contribution in [0.25, 0.3) is 0 Å². The second-order valence-electron chi connectivity index (χ2n) is 2.44. The van der Waals surface area contributed by atoms with Crippen LogP contribution >= 0.6 is 15.9 Å². The molecule has 4 nitrogen and oxygen atoms in total. The number of hydrazine groups is 1. The van der Waals surface area contributed by atoms with Crippen LogP contribution < -0.4 is 16.0 Å². The van der Waals surface area contributed by atoms with Crippen molar-refractivity contribution in [2.45, 2.75) is 0 Å². The number of ether oxygens (including phenoxy) is 1. The standard InChI is InChI=1S/C8H8BrFN2O2/c1-14-7-5(8(13)12-11)2-4(9)3-6(7)10/h2-3H,11H2,1H3,(H,12,13). The number of nitrogens with one attached hydrogen (secondary N) is 1. The number of halogens is 2. The van der Waals surface area contributed by atoms with Gasteiger partial charge in [-0.25, -0.2) is 10.2 Å². The molecule has 0 aliphatic rings. The van der Waals surface area contributed by atoms with Crippen molar-refractivity contribution in [3.63, 3.8) is 0 Å². The Morgan fingerprint density at radius 1 is 1.64 bits per heavy atom. The van der Waals surface area contributed by atoms with Gasteiger partial charge in [0.15, 0.2) is 11.6 Å². The number of methoxy groups -OCH3 is 1. The minimum Gasteiger partial charge on any atom is -0.493 e. The molecule has 0 radical (unpaired) electrons. The fourth-order valence-electron chi connectivity index (χ4n) is 1.01. The van der Waals surface area contributed by atoms with E-state index in [2.05, 4.69) is 15.9 Å². The van der Waals surface area contributed by atoms with Gasteiger partial charge in [-0.2, -0.15) is 0 Å². The number of amides is 1. The largest absolute Gasteiger partial charge is 0.493 e. The summed E-state index contributed by atoms with van der Waals surface area (Å²) >= 11 is 3.06. The molecule has 0 heterocycles. The van der Waals surface area contributed by atoms with Gasteiger partial charge >= 0.3 is 0 Å². The topological polar surface area (TPSA) is 64.3 Å². The summed E-state index contributed by atoms with van der Waals surface area (Å²) in [4.78, 5) is 11.2. The predicted octanol–water partition coefficient (Wildman–Crippen LogP) is 1.20. The number of rotatable bonds is 2. The summed E-state index contributed by atoms with van der Waals surface area (Å²) in [5.41, 5.74) is 1.95. The van der Waals surface area contributed by atoms with Crippen molar-refractivity contribution in [3.8, 4) is 5.75 Å². The Morgan fingerprint density at radius 3 is 2.79 bits per heavy atom. The van der Waals surface area contributed by atoms with Gasteiger partial charge in [0.1, 0.15) is 0 Å². The molecule has 6 heteroatoms. The zero-order valence-corrected chi connectivity index (χ0v) is 8.89. The quantitative estimate of drug-likeness (QED) is 0.478. The van der Waals surface area contributed by atoms with Crippen LogP contribution in [0.5, 0.6) is 5.75 Å². The van der Waals surface area contributed by atoms with Gasteiger partial charge in [0.2, 0.25) is 0 Å². The maximum absolute atomic E-state index is 13.2. The highest BCUT2D eigenvalue weighted by Crippen LogP contribution is 2.26. The third-order valence-corrected chi connectivity index (χ3v) is 2.05. The fraction of sp³-hybridized carbons (Fsp3) is 0.125. The number of carbonyl (C=O) groups is 1. The Morgan fingerprint density at radius 2 is 2.29 bits per heavy atom. The smallest absolute Gasteiger partial charge is 0.269 e. The lowest BCUT2D eigenvalue weighted by atomic mass is 10.2. The van der Waals surface area contributed by atoms with Crippen molar-refractivity contribution >= 4 is 21.8 Å². The molecule has 3 N–H and O–H groups in total. The monoisotopic (exact) mass is 262 g/mol. The molecule has 0 saturated heterocycles. The van der Waals surface area contributed by atoms with E-state index in [1.54, 1.807) is 0 Å². The Hall–Kier alpha value is -1.14. The molecule has 1 rings (SSSR count). The van der Waals surface area contributed by atoms with Crippen molar-refractivity contribution in [2.75, 3.05) is 7.11 Å². The number of hydrogen-bond acceptors (Lipinski definition) is 3. The minimum atomic E-state index is -0.625. The SMILES string of the molecule is COc1c(F)cc(Br)cc1C(=O)NN. The number of benzene rings is 1. The van der Waals surface area contributed by atoms with Gasteiger partial charge in [0.05, 0.1) is 12.7 Å². The van der Waals surface area contributed by atoms with Crippen molar-refractivity contribution in [2.24, 2.45) is 5.84 Å². The molecule has 0 atom stereocenters. The molecule has 0 spiro atoms. The van der Waals surface area contributed by atoms with E-state index >= 15 is 0 Å². The number of carbonyl (C=O) groups excluding carboxylic acids is 1. The lowest BCUT2D eigenvalue weighted by Gasteiger charge is -2.08. The van der Waals surface area contributed by atoms with Gasteiger partial charge in [0.25, 0.3) is 5.91 Å². The molecular formula is C8H8BrFN2O2.